The summed E-state index contributed by atoms with van der Waals surface area (Å²) in [6.45, 7) is 1.95. The molecule has 0 spiro atoms. The molecule has 4 heteroatoms. The van der Waals surface area contributed by atoms with Crippen molar-refractivity contribution in [2.24, 2.45) is 0 Å². The lowest BCUT2D eigenvalue weighted by Crippen LogP contribution is -1.92. The van der Waals surface area contributed by atoms with Crippen LogP contribution in [0.5, 0.6) is 0 Å². The van der Waals surface area contributed by atoms with E-state index in [1.807, 2.05) is 19.1 Å². The number of rotatable bonds is 3. The van der Waals surface area contributed by atoms with Gasteiger partial charge in [0.05, 0.1) is 7.11 Å². The monoisotopic (exact) mass is 199 g/mol. The summed E-state index contributed by atoms with van der Waals surface area (Å²) < 4.78 is 15.6. The third kappa shape index (κ3) is 2.59. The minimum atomic E-state index is -2.02. The minimum Gasteiger partial charge on any atom is -0.345 e. The summed E-state index contributed by atoms with van der Waals surface area (Å²) in [6, 6.07) is 7.20. The Morgan fingerprint density at radius 3 is 2.38 bits per heavy atom. The lowest BCUT2D eigenvalue weighted by Gasteiger charge is -1.99. The molecule has 2 atom stereocenters. The van der Waals surface area contributed by atoms with Crippen LogP contribution in [-0.4, -0.2) is 12.2 Å². The van der Waals surface area contributed by atoms with Gasteiger partial charge < -0.3 is 5.11 Å². The Morgan fingerprint density at radius 1 is 1.38 bits per heavy atom. The second kappa shape index (κ2) is 4.47. The molecule has 0 aliphatic rings. The first-order chi connectivity index (χ1) is 6.15. The van der Waals surface area contributed by atoms with E-state index in [4.69, 9.17) is 0 Å². The number of hydrogen-bond acceptors (Lipinski definition) is 3. The molecule has 1 unspecified atom stereocenters. The normalized spacial score (nSPS) is 13.9. The predicted octanol–water partition coefficient (Wildman–Crippen LogP) is 2.37. The maximum Gasteiger partial charge on any atom is 0.545 e. The highest BCUT2D eigenvalue weighted by Gasteiger charge is 2.30. The van der Waals surface area contributed by atoms with Crippen molar-refractivity contribution in [2.75, 3.05) is 7.11 Å². The highest BCUT2D eigenvalue weighted by molar-refractivity contribution is 7.39. The molecule has 0 saturated carbocycles. The Hall–Kier alpha value is -0.760. The van der Waals surface area contributed by atoms with E-state index in [9.17, 15) is 9.67 Å². The van der Waals surface area contributed by atoms with E-state index in [0.29, 0.717) is 5.56 Å². The van der Waals surface area contributed by atoms with E-state index in [2.05, 4.69) is 4.52 Å². The van der Waals surface area contributed by atoms with Gasteiger partial charge in [-0.1, -0.05) is 29.8 Å². The van der Waals surface area contributed by atoms with Gasteiger partial charge in [0.1, 0.15) is 0 Å². The van der Waals surface area contributed by atoms with Crippen molar-refractivity contribution in [3.63, 3.8) is 0 Å². The molecule has 0 aromatic heterocycles. The number of aryl methyl sites for hydroxylation is 1. The van der Waals surface area contributed by atoms with Crippen LogP contribution in [0, 0.1) is 6.92 Å². The first-order valence-electron chi connectivity index (χ1n) is 3.90. The zero-order valence-electron chi connectivity index (χ0n) is 7.60. The molecule has 3 nitrogen and oxygen atoms in total. The lowest BCUT2D eigenvalue weighted by molar-refractivity contribution is 0.234. The fourth-order valence-electron chi connectivity index (χ4n) is 0.960. The molecule has 0 saturated heterocycles. The largest absolute Gasteiger partial charge is 0.545 e. The van der Waals surface area contributed by atoms with Crippen molar-refractivity contribution in [1.82, 2.24) is 0 Å². The highest BCUT2D eigenvalue weighted by Crippen LogP contribution is 2.38. The smallest absolute Gasteiger partial charge is 0.345 e. The van der Waals surface area contributed by atoms with Crippen LogP contribution in [0.15, 0.2) is 24.3 Å². The van der Waals surface area contributed by atoms with E-state index in [1.165, 1.54) is 7.11 Å². The number of aliphatic hydroxyl groups excluding tert-OH is 1. The molecular weight excluding hydrogens is 187 g/mol. The van der Waals surface area contributed by atoms with Gasteiger partial charge in [0, 0.05) is 5.56 Å². The van der Waals surface area contributed by atoms with Crippen LogP contribution < -0.4 is 0 Å². The summed E-state index contributed by atoms with van der Waals surface area (Å²) in [5.74, 6) is -1.03. The molecule has 0 aliphatic heterocycles. The molecule has 1 rings (SSSR count). The van der Waals surface area contributed by atoms with Crippen LogP contribution in [0.25, 0.3) is 0 Å². The molecule has 0 fully saturated rings. The third-order valence-corrected chi connectivity index (χ3v) is 2.81. The van der Waals surface area contributed by atoms with Crippen LogP contribution in [-0.2, 0) is 9.09 Å². The Labute approximate surface area is 78.2 Å². The van der Waals surface area contributed by atoms with Gasteiger partial charge in [-0.2, -0.15) is 0 Å². The van der Waals surface area contributed by atoms with E-state index in [-0.39, 0.29) is 0 Å². The molecule has 0 radical (unpaired) electrons. The molecule has 70 valence electrons. The van der Waals surface area contributed by atoms with E-state index in [1.54, 1.807) is 12.1 Å². The van der Waals surface area contributed by atoms with Gasteiger partial charge in [-0.25, -0.2) is 0 Å². The summed E-state index contributed by atoms with van der Waals surface area (Å²) in [7, 11) is -0.704. The second-order valence-electron chi connectivity index (χ2n) is 2.75. The van der Waals surface area contributed by atoms with Gasteiger partial charge >= 0.3 is 13.9 Å². The SMILES string of the molecule is CO[P+](=O)[C@H](O)c1ccc(C)cc1. The summed E-state index contributed by atoms with van der Waals surface area (Å²) in [4.78, 5) is 0. The van der Waals surface area contributed by atoms with Crippen LogP contribution in [0.3, 0.4) is 0 Å². The van der Waals surface area contributed by atoms with Gasteiger partial charge in [-0.3, -0.25) is 0 Å². The molecule has 0 bridgehead atoms. The lowest BCUT2D eigenvalue weighted by atomic mass is 10.2. The third-order valence-electron chi connectivity index (χ3n) is 1.76. The topological polar surface area (TPSA) is 46.5 Å². The zero-order chi connectivity index (χ0) is 9.84. The van der Waals surface area contributed by atoms with Gasteiger partial charge in [0.2, 0.25) is 0 Å². The molecular formula is C9H12O3P+. The van der Waals surface area contributed by atoms with Crippen molar-refractivity contribution >= 4 is 8.03 Å². The van der Waals surface area contributed by atoms with Crippen molar-refractivity contribution < 1.29 is 14.2 Å². The first kappa shape index (κ1) is 10.3. The Balaban J connectivity index is 2.83. The van der Waals surface area contributed by atoms with Crippen molar-refractivity contribution in [2.45, 2.75) is 12.8 Å². The van der Waals surface area contributed by atoms with Gasteiger partial charge in [-0.05, 0) is 11.5 Å². The standard InChI is InChI=1S/C9H12O3P/c1-7-3-5-8(6-4-7)9(10)13(11)12-2/h3-6,9-10H,1-2H3/q+1/t9-/m0/s1. The Bertz CT molecular complexity index is 294. The van der Waals surface area contributed by atoms with Crippen LogP contribution in [0.1, 0.15) is 17.0 Å². The molecule has 0 amide bonds. The molecule has 1 aromatic carbocycles. The fourth-order valence-corrected chi connectivity index (χ4v) is 1.58. The summed E-state index contributed by atoms with van der Waals surface area (Å²) >= 11 is 0. The first-order valence-corrected chi connectivity index (χ1v) is 5.15. The van der Waals surface area contributed by atoms with Gasteiger partial charge in [0.25, 0.3) is 0 Å². The number of aliphatic hydroxyl groups is 1. The Kier molecular flexibility index (Phi) is 3.55. The average Bonchev–Trinajstić information content (AvgIpc) is 2.17. The van der Waals surface area contributed by atoms with Crippen molar-refractivity contribution in [3.8, 4) is 0 Å². The number of hydrogen-bond donors (Lipinski definition) is 1. The van der Waals surface area contributed by atoms with E-state index in [0.717, 1.165) is 5.56 Å². The highest BCUT2D eigenvalue weighted by atomic mass is 31.1. The van der Waals surface area contributed by atoms with Gasteiger partial charge in [-0.15, -0.1) is 4.52 Å². The van der Waals surface area contributed by atoms with Crippen molar-refractivity contribution in [3.05, 3.63) is 35.4 Å². The van der Waals surface area contributed by atoms with Crippen LogP contribution in [0.4, 0.5) is 0 Å². The summed E-state index contributed by atoms with van der Waals surface area (Å²) in [6.07, 6.45) is 0. The summed E-state index contributed by atoms with van der Waals surface area (Å²) in [5, 5.41) is 9.47. The molecule has 1 N–H and O–H groups in total. The van der Waals surface area contributed by atoms with Crippen LogP contribution in [0.2, 0.25) is 0 Å². The molecule has 1 aromatic rings. The minimum absolute atomic E-state index is 0.619. The fraction of sp³-hybridized carbons (Fsp3) is 0.333. The second-order valence-corrected chi connectivity index (χ2v) is 4.18. The predicted molar refractivity (Wildman–Crippen MR) is 50.8 cm³/mol. The molecule has 13 heavy (non-hydrogen) atoms. The zero-order valence-corrected chi connectivity index (χ0v) is 8.49. The van der Waals surface area contributed by atoms with E-state index >= 15 is 0 Å². The Morgan fingerprint density at radius 2 is 1.92 bits per heavy atom. The van der Waals surface area contributed by atoms with Gasteiger partial charge in [0.15, 0.2) is 0 Å². The number of benzene rings is 1. The quantitative estimate of drug-likeness (QED) is 0.760. The molecule has 0 heterocycles. The summed E-state index contributed by atoms with van der Waals surface area (Å²) in [5.41, 5.74) is 1.72. The van der Waals surface area contributed by atoms with Crippen molar-refractivity contribution in [1.29, 1.82) is 0 Å². The molecule has 0 aliphatic carbocycles. The van der Waals surface area contributed by atoms with E-state index < -0.39 is 13.9 Å². The maximum atomic E-state index is 11.1. The maximum absolute atomic E-state index is 11.1. The average molecular weight is 199 g/mol. The van der Waals surface area contributed by atoms with Crippen LogP contribution >= 0.6 is 8.03 Å².